The van der Waals surface area contributed by atoms with E-state index in [2.05, 4.69) is 21.5 Å². The van der Waals surface area contributed by atoms with E-state index in [1.807, 2.05) is 12.1 Å². The van der Waals surface area contributed by atoms with Crippen LogP contribution in [-0.4, -0.2) is 22.5 Å². The molecular weight excluding hydrogens is 142 g/mol. The number of fused-ring (bicyclic) bond motifs is 1. The molecule has 2 rings (SSSR count). The van der Waals surface area contributed by atoms with Crippen LogP contribution in [0, 0.1) is 6.07 Å². The summed E-state index contributed by atoms with van der Waals surface area (Å²) < 4.78 is 4.95. The Morgan fingerprint density at radius 3 is 3.27 bits per heavy atom. The van der Waals surface area contributed by atoms with Crippen molar-refractivity contribution in [2.24, 2.45) is 0 Å². The van der Waals surface area contributed by atoms with Gasteiger partial charge in [-0.15, -0.1) is 5.10 Å². The molecule has 4 heteroatoms. The minimum absolute atomic E-state index is 0.673. The molecule has 0 aliphatic rings. The van der Waals surface area contributed by atoms with E-state index in [0.717, 1.165) is 5.52 Å². The Bertz CT molecular complexity index is 368. The summed E-state index contributed by atoms with van der Waals surface area (Å²) in [5, 5.41) is 10.1. The number of methoxy groups -OCH3 is 1. The molecule has 0 atom stereocenters. The number of aromatic nitrogens is 3. The highest BCUT2D eigenvalue weighted by atomic mass is 16.5. The lowest BCUT2D eigenvalue weighted by atomic mass is 10.3. The van der Waals surface area contributed by atoms with Gasteiger partial charge in [0, 0.05) is 0 Å². The summed E-state index contributed by atoms with van der Waals surface area (Å²) in [4.78, 5) is 0. The maximum absolute atomic E-state index is 4.95. The lowest BCUT2D eigenvalue weighted by molar-refractivity contribution is 0.414. The molecule has 11 heavy (non-hydrogen) atoms. The fraction of sp³-hybridized carbons (Fsp3) is 0.143. The van der Waals surface area contributed by atoms with Crippen molar-refractivity contribution in [3.8, 4) is 5.75 Å². The van der Waals surface area contributed by atoms with E-state index in [9.17, 15) is 0 Å². The average molecular weight is 148 g/mol. The van der Waals surface area contributed by atoms with Gasteiger partial charge in [-0.2, -0.15) is 0 Å². The predicted octanol–water partition coefficient (Wildman–Crippen LogP) is 0.767. The Balaban J connectivity index is 2.67. The van der Waals surface area contributed by atoms with Crippen LogP contribution in [-0.2, 0) is 0 Å². The standard InChI is InChI=1S/C7H6N3O/c1-11-5-2-3-6-7(4-5)9-10-8-6/h2-3H,1H3,(H,8,9,10). The van der Waals surface area contributed by atoms with Crippen LogP contribution in [0.25, 0.3) is 11.0 Å². The Morgan fingerprint density at radius 1 is 1.55 bits per heavy atom. The molecule has 0 bridgehead atoms. The van der Waals surface area contributed by atoms with Crippen LogP contribution < -0.4 is 4.74 Å². The van der Waals surface area contributed by atoms with Crippen LogP contribution in [0.5, 0.6) is 5.75 Å². The normalized spacial score (nSPS) is 10.3. The average Bonchev–Trinajstić information content (AvgIpc) is 2.50. The third-order valence-electron chi connectivity index (χ3n) is 1.44. The maximum atomic E-state index is 4.95. The van der Waals surface area contributed by atoms with E-state index in [4.69, 9.17) is 4.74 Å². The van der Waals surface area contributed by atoms with Gasteiger partial charge in [0.15, 0.2) is 0 Å². The summed E-state index contributed by atoms with van der Waals surface area (Å²) in [5.41, 5.74) is 1.56. The molecule has 4 nitrogen and oxygen atoms in total. The summed E-state index contributed by atoms with van der Waals surface area (Å²) in [6, 6.07) is 6.59. The smallest absolute Gasteiger partial charge is 0.129 e. The second kappa shape index (κ2) is 2.23. The molecule has 0 unspecified atom stereocenters. The molecular formula is C7H6N3O. The fourth-order valence-corrected chi connectivity index (χ4v) is 0.881. The van der Waals surface area contributed by atoms with Gasteiger partial charge in [0.25, 0.3) is 0 Å². The molecule has 1 heterocycles. The summed E-state index contributed by atoms with van der Waals surface area (Å²) >= 11 is 0. The van der Waals surface area contributed by atoms with E-state index in [0.29, 0.717) is 11.3 Å². The Kier molecular flexibility index (Phi) is 1.25. The summed E-state index contributed by atoms with van der Waals surface area (Å²) in [5.74, 6) is 0.673. The van der Waals surface area contributed by atoms with Gasteiger partial charge in [0.05, 0.1) is 18.7 Å². The molecule has 1 radical (unpaired) electrons. The lowest BCUT2D eigenvalue weighted by Crippen LogP contribution is -1.81. The number of hydrogen-bond acceptors (Lipinski definition) is 3. The molecule has 0 aliphatic heterocycles. The van der Waals surface area contributed by atoms with E-state index >= 15 is 0 Å². The number of hydrogen-bond donors (Lipinski definition) is 1. The Labute approximate surface area is 63.2 Å². The van der Waals surface area contributed by atoms with E-state index < -0.39 is 0 Å². The maximum Gasteiger partial charge on any atom is 0.129 e. The first kappa shape index (κ1) is 6.15. The van der Waals surface area contributed by atoms with Gasteiger partial charge in [-0.3, -0.25) is 5.10 Å². The van der Waals surface area contributed by atoms with Gasteiger partial charge in [0.1, 0.15) is 11.3 Å². The van der Waals surface area contributed by atoms with Crippen LogP contribution >= 0.6 is 0 Å². The first-order valence-electron chi connectivity index (χ1n) is 3.17. The van der Waals surface area contributed by atoms with Crippen LogP contribution in [0.2, 0.25) is 0 Å². The van der Waals surface area contributed by atoms with E-state index in [1.165, 1.54) is 0 Å². The predicted molar refractivity (Wildman–Crippen MR) is 39.3 cm³/mol. The van der Waals surface area contributed by atoms with E-state index in [1.54, 1.807) is 7.11 Å². The van der Waals surface area contributed by atoms with Crippen molar-refractivity contribution in [2.45, 2.75) is 0 Å². The zero-order valence-electron chi connectivity index (χ0n) is 5.96. The minimum atomic E-state index is 0.673. The number of nitrogens with zero attached hydrogens (tertiary/aromatic N) is 2. The highest BCUT2D eigenvalue weighted by Gasteiger charge is 1.98. The summed E-state index contributed by atoms with van der Waals surface area (Å²) in [7, 11) is 1.59. The monoisotopic (exact) mass is 148 g/mol. The molecule has 0 aliphatic carbocycles. The topological polar surface area (TPSA) is 50.8 Å². The molecule has 55 valence electrons. The SMILES string of the molecule is COc1[c]c2nn[nH]c2cc1. The third-order valence-corrected chi connectivity index (χ3v) is 1.44. The molecule has 0 saturated heterocycles. The number of H-pyrrole nitrogens is 1. The van der Waals surface area contributed by atoms with Crippen molar-refractivity contribution in [1.29, 1.82) is 0 Å². The Hall–Kier alpha value is -1.58. The van der Waals surface area contributed by atoms with Gasteiger partial charge >= 0.3 is 0 Å². The molecule has 0 spiro atoms. The van der Waals surface area contributed by atoms with Gasteiger partial charge < -0.3 is 4.74 Å². The van der Waals surface area contributed by atoms with Crippen molar-refractivity contribution >= 4 is 11.0 Å². The fourth-order valence-electron chi connectivity index (χ4n) is 0.881. The summed E-state index contributed by atoms with van der Waals surface area (Å²) in [6.45, 7) is 0. The molecule has 1 aromatic heterocycles. The zero-order chi connectivity index (χ0) is 7.68. The minimum Gasteiger partial charge on any atom is -0.496 e. The third kappa shape index (κ3) is 0.920. The van der Waals surface area contributed by atoms with Crippen LogP contribution in [0.3, 0.4) is 0 Å². The molecule has 0 fully saturated rings. The largest absolute Gasteiger partial charge is 0.496 e. The molecule has 1 N–H and O–H groups in total. The van der Waals surface area contributed by atoms with E-state index in [-0.39, 0.29) is 0 Å². The highest BCUT2D eigenvalue weighted by Crippen LogP contribution is 2.14. The number of rotatable bonds is 1. The molecule has 0 saturated carbocycles. The first-order valence-corrected chi connectivity index (χ1v) is 3.17. The second-order valence-electron chi connectivity index (χ2n) is 2.10. The van der Waals surface area contributed by atoms with Crippen molar-refractivity contribution < 1.29 is 4.74 Å². The van der Waals surface area contributed by atoms with Crippen LogP contribution in [0.4, 0.5) is 0 Å². The van der Waals surface area contributed by atoms with Crippen molar-refractivity contribution in [2.75, 3.05) is 7.11 Å². The van der Waals surface area contributed by atoms with Gasteiger partial charge in [0.2, 0.25) is 0 Å². The van der Waals surface area contributed by atoms with Gasteiger partial charge in [-0.05, 0) is 12.1 Å². The zero-order valence-corrected chi connectivity index (χ0v) is 5.96. The highest BCUT2D eigenvalue weighted by molar-refractivity contribution is 5.74. The first-order chi connectivity index (χ1) is 5.40. The van der Waals surface area contributed by atoms with Gasteiger partial charge in [-0.25, -0.2) is 0 Å². The number of benzene rings is 1. The quantitative estimate of drug-likeness (QED) is 0.649. The lowest BCUT2D eigenvalue weighted by Gasteiger charge is -1.95. The second-order valence-corrected chi connectivity index (χ2v) is 2.10. The van der Waals surface area contributed by atoms with Crippen molar-refractivity contribution in [3.63, 3.8) is 0 Å². The van der Waals surface area contributed by atoms with Crippen LogP contribution in [0.15, 0.2) is 12.1 Å². The Morgan fingerprint density at radius 2 is 2.45 bits per heavy atom. The summed E-state index contributed by atoms with van der Waals surface area (Å²) in [6.07, 6.45) is 0. The van der Waals surface area contributed by atoms with Crippen molar-refractivity contribution in [3.05, 3.63) is 18.2 Å². The number of ether oxygens (including phenoxy) is 1. The molecule has 1 aromatic carbocycles. The molecule has 0 amide bonds. The molecule has 2 aromatic rings. The van der Waals surface area contributed by atoms with Gasteiger partial charge in [-0.1, -0.05) is 5.21 Å². The van der Waals surface area contributed by atoms with Crippen LogP contribution in [0.1, 0.15) is 0 Å². The number of nitrogens with one attached hydrogen (secondary N) is 1. The van der Waals surface area contributed by atoms with Crippen molar-refractivity contribution in [1.82, 2.24) is 15.4 Å². The number of aromatic amines is 1.